The van der Waals surface area contributed by atoms with E-state index in [0.29, 0.717) is 17.0 Å². The smallest absolute Gasteiger partial charge is 0.337 e. The molecule has 25 heavy (non-hydrogen) atoms. The minimum absolute atomic E-state index is 0.143. The summed E-state index contributed by atoms with van der Waals surface area (Å²) in [7, 11) is -3.84. The Kier molecular flexibility index (Phi) is 6.51. The third-order valence-electron chi connectivity index (χ3n) is 3.51. The molecular weight excluding hydrogens is 387 g/mol. The van der Waals surface area contributed by atoms with E-state index in [0.717, 1.165) is 4.31 Å². The number of benzene rings is 1. The van der Waals surface area contributed by atoms with Gasteiger partial charge in [-0.2, -0.15) is 13.1 Å². The largest absolute Gasteiger partial charge is 0.463 e. The molecule has 1 aliphatic heterocycles. The molecule has 0 saturated carbocycles. The second-order valence-electron chi connectivity index (χ2n) is 5.21. The second-order valence-corrected chi connectivity index (χ2v) is 7.71. The average Bonchev–Trinajstić information content (AvgIpc) is 2.53. The standard InChI is InChI=1S/C16H18Cl2N2O4S/c1-3-5-8-20-10-13(16(21)24-4-2)15(19-25(20,22)23)12-7-6-11(17)9-14(12)18/h3,6-7,9-10,15,19H,1,4-5,8H2,2H3. The Hall–Kier alpha value is -1.54. The zero-order chi connectivity index (χ0) is 18.6. The monoisotopic (exact) mass is 404 g/mol. The van der Waals surface area contributed by atoms with Crippen LogP contribution in [0.3, 0.4) is 0 Å². The topological polar surface area (TPSA) is 75.7 Å². The maximum Gasteiger partial charge on any atom is 0.337 e. The van der Waals surface area contributed by atoms with Gasteiger partial charge in [-0.3, -0.25) is 4.31 Å². The lowest BCUT2D eigenvalue weighted by Gasteiger charge is -2.32. The number of halogens is 2. The number of hydrogen-bond acceptors (Lipinski definition) is 4. The van der Waals surface area contributed by atoms with E-state index in [9.17, 15) is 13.2 Å². The first-order valence-corrected chi connectivity index (χ1v) is 9.73. The van der Waals surface area contributed by atoms with Crippen LogP contribution in [-0.4, -0.2) is 31.8 Å². The van der Waals surface area contributed by atoms with Crippen molar-refractivity contribution in [2.45, 2.75) is 19.4 Å². The maximum absolute atomic E-state index is 12.5. The molecule has 0 saturated heterocycles. The van der Waals surface area contributed by atoms with Crippen molar-refractivity contribution in [2.75, 3.05) is 13.2 Å². The minimum atomic E-state index is -3.84. The Morgan fingerprint density at radius 3 is 2.76 bits per heavy atom. The quantitative estimate of drug-likeness (QED) is 0.583. The van der Waals surface area contributed by atoms with E-state index >= 15 is 0 Å². The summed E-state index contributed by atoms with van der Waals surface area (Å²) in [5, 5.41) is 0.650. The zero-order valence-corrected chi connectivity index (χ0v) is 15.9. The van der Waals surface area contributed by atoms with E-state index < -0.39 is 22.2 Å². The minimum Gasteiger partial charge on any atom is -0.463 e. The molecular formula is C16H18Cl2N2O4S. The lowest BCUT2D eigenvalue weighted by Crippen LogP contribution is -2.46. The highest BCUT2D eigenvalue weighted by Crippen LogP contribution is 2.34. The summed E-state index contributed by atoms with van der Waals surface area (Å²) >= 11 is 12.1. The molecule has 1 heterocycles. The maximum atomic E-state index is 12.5. The van der Waals surface area contributed by atoms with Gasteiger partial charge in [-0.15, -0.1) is 6.58 Å². The van der Waals surface area contributed by atoms with Gasteiger partial charge in [-0.1, -0.05) is 35.3 Å². The first kappa shape index (κ1) is 19.8. The predicted octanol–water partition coefficient (Wildman–Crippen LogP) is 3.21. The highest BCUT2D eigenvalue weighted by molar-refractivity contribution is 7.87. The Bertz CT molecular complexity index is 808. The van der Waals surface area contributed by atoms with E-state index in [-0.39, 0.29) is 23.7 Å². The van der Waals surface area contributed by atoms with Crippen molar-refractivity contribution in [3.63, 3.8) is 0 Å². The van der Waals surface area contributed by atoms with Crippen molar-refractivity contribution in [3.8, 4) is 0 Å². The molecule has 0 amide bonds. The molecule has 9 heteroatoms. The van der Waals surface area contributed by atoms with E-state index in [1.807, 2.05) is 0 Å². The normalized spacial score (nSPS) is 19.2. The van der Waals surface area contributed by atoms with Gasteiger partial charge < -0.3 is 4.74 Å². The van der Waals surface area contributed by atoms with Crippen molar-refractivity contribution in [1.29, 1.82) is 0 Å². The van der Waals surface area contributed by atoms with E-state index in [1.165, 1.54) is 12.3 Å². The fourth-order valence-electron chi connectivity index (χ4n) is 2.33. The van der Waals surface area contributed by atoms with Crippen LogP contribution in [0.4, 0.5) is 0 Å². The molecule has 1 unspecified atom stereocenters. The summed E-state index contributed by atoms with van der Waals surface area (Å²) in [4.78, 5) is 12.3. The van der Waals surface area contributed by atoms with Crippen LogP contribution >= 0.6 is 23.2 Å². The molecule has 136 valence electrons. The van der Waals surface area contributed by atoms with Gasteiger partial charge in [-0.25, -0.2) is 4.79 Å². The van der Waals surface area contributed by atoms with Crippen LogP contribution in [-0.2, 0) is 19.7 Å². The molecule has 1 aromatic carbocycles. The molecule has 1 aliphatic rings. The summed E-state index contributed by atoms with van der Waals surface area (Å²) in [5.74, 6) is -0.621. The van der Waals surface area contributed by atoms with E-state index in [2.05, 4.69) is 11.3 Å². The Morgan fingerprint density at radius 2 is 2.16 bits per heavy atom. The summed E-state index contributed by atoms with van der Waals surface area (Å²) in [5.41, 5.74) is 0.558. The van der Waals surface area contributed by atoms with Crippen LogP contribution in [0.2, 0.25) is 10.0 Å². The Morgan fingerprint density at radius 1 is 1.44 bits per heavy atom. The average molecular weight is 405 g/mol. The Labute approximate surface area is 157 Å². The number of carbonyl (C=O) groups is 1. The third-order valence-corrected chi connectivity index (χ3v) is 5.51. The third kappa shape index (κ3) is 4.55. The summed E-state index contributed by atoms with van der Waals surface area (Å²) in [6.45, 7) is 5.57. The van der Waals surface area contributed by atoms with Gasteiger partial charge in [0.1, 0.15) is 0 Å². The number of rotatable bonds is 6. The SMILES string of the molecule is C=CCCN1C=C(C(=O)OCC)C(c2ccc(Cl)cc2Cl)NS1(=O)=O. The first-order valence-electron chi connectivity index (χ1n) is 7.54. The lowest BCUT2D eigenvalue weighted by molar-refractivity contribution is -0.139. The van der Waals surface area contributed by atoms with E-state index in [4.69, 9.17) is 27.9 Å². The number of nitrogens with zero attached hydrogens (tertiary/aromatic N) is 1. The van der Waals surface area contributed by atoms with Gasteiger partial charge in [0.25, 0.3) is 0 Å². The highest BCUT2D eigenvalue weighted by Gasteiger charge is 2.37. The van der Waals surface area contributed by atoms with Gasteiger partial charge >= 0.3 is 16.2 Å². The molecule has 0 aliphatic carbocycles. The zero-order valence-electron chi connectivity index (χ0n) is 13.5. The first-order chi connectivity index (χ1) is 11.8. The molecule has 1 atom stereocenters. The van der Waals surface area contributed by atoms with Crippen molar-refractivity contribution in [3.05, 3.63) is 58.2 Å². The summed E-state index contributed by atoms with van der Waals surface area (Å²) in [6.07, 6.45) is 3.30. The van der Waals surface area contributed by atoms with Crippen molar-refractivity contribution in [1.82, 2.24) is 9.03 Å². The summed E-state index contributed by atoms with van der Waals surface area (Å²) < 4.78 is 33.6. The van der Waals surface area contributed by atoms with Crippen molar-refractivity contribution >= 4 is 39.4 Å². The highest BCUT2D eigenvalue weighted by atomic mass is 35.5. The number of ether oxygens (including phenoxy) is 1. The molecule has 0 radical (unpaired) electrons. The fraction of sp³-hybridized carbons (Fsp3) is 0.312. The van der Waals surface area contributed by atoms with Crippen LogP contribution in [0.1, 0.15) is 24.9 Å². The number of hydrogen-bond donors (Lipinski definition) is 1. The van der Waals surface area contributed by atoms with Crippen molar-refractivity contribution < 1.29 is 17.9 Å². The summed E-state index contributed by atoms with van der Waals surface area (Å²) in [6, 6.07) is 3.67. The molecule has 6 nitrogen and oxygen atoms in total. The van der Waals surface area contributed by atoms with Crippen LogP contribution < -0.4 is 4.72 Å². The molecule has 2 rings (SSSR count). The van der Waals surface area contributed by atoms with Crippen LogP contribution in [0, 0.1) is 0 Å². The number of esters is 1. The number of carbonyl (C=O) groups excluding carboxylic acids is 1. The molecule has 0 aromatic heterocycles. The van der Waals surface area contributed by atoms with Gasteiger partial charge in [0, 0.05) is 22.8 Å². The fourth-order valence-corrected chi connectivity index (χ4v) is 4.14. The number of nitrogens with one attached hydrogen (secondary N) is 1. The van der Waals surface area contributed by atoms with Gasteiger partial charge in [0.05, 0.1) is 18.2 Å². The molecule has 0 bridgehead atoms. The van der Waals surface area contributed by atoms with Gasteiger partial charge in [0.15, 0.2) is 0 Å². The molecule has 1 aromatic rings. The van der Waals surface area contributed by atoms with Gasteiger partial charge in [-0.05, 0) is 31.0 Å². The lowest BCUT2D eigenvalue weighted by atomic mass is 10.00. The van der Waals surface area contributed by atoms with Crippen LogP contribution in [0.5, 0.6) is 0 Å². The molecule has 0 spiro atoms. The van der Waals surface area contributed by atoms with Gasteiger partial charge in [0.2, 0.25) is 0 Å². The van der Waals surface area contributed by atoms with Crippen LogP contribution in [0.15, 0.2) is 42.6 Å². The van der Waals surface area contributed by atoms with E-state index in [1.54, 1.807) is 25.1 Å². The second kappa shape index (κ2) is 8.23. The molecule has 1 N–H and O–H groups in total. The van der Waals surface area contributed by atoms with Crippen LogP contribution in [0.25, 0.3) is 0 Å². The molecule has 0 fully saturated rings. The predicted molar refractivity (Wildman–Crippen MR) is 97.5 cm³/mol. The van der Waals surface area contributed by atoms with Crippen molar-refractivity contribution in [2.24, 2.45) is 0 Å². The Balaban J connectivity index is 2.52.